The Morgan fingerprint density at radius 2 is 1.72 bits per heavy atom. The van der Waals surface area contributed by atoms with Crippen molar-refractivity contribution in [2.24, 2.45) is 0 Å². The van der Waals surface area contributed by atoms with E-state index in [1.54, 1.807) is 18.2 Å². The minimum Gasteiger partial charge on any atom is -0.464 e. The van der Waals surface area contributed by atoms with Gasteiger partial charge in [-0.2, -0.15) is 0 Å². The molecular formula is C13H9F2NO2. The Kier molecular flexibility index (Phi) is 3.23. The third-order valence-corrected chi connectivity index (χ3v) is 2.36. The second-order valence-electron chi connectivity index (χ2n) is 3.55. The molecule has 2 rings (SSSR count). The van der Waals surface area contributed by atoms with Crippen LogP contribution in [0.2, 0.25) is 0 Å². The van der Waals surface area contributed by atoms with Crippen molar-refractivity contribution in [3.05, 3.63) is 60.2 Å². The van der Waals surface area contributed by atoms with Gasteiger partial charge in [-0.05, 0) is 24.3 Å². The second kappa shape index (κ2) is 4.83. The number of benzene rings is 2. The summed E-state index contributed by atoms with van der Waals surface area (Å²) in [4.78, 5) is 12.0. The van der Waals surface area contributed by atoms with E-state index in [0.717, 1.165) is 17.0 Å². The Labute approximate surface area is 102 Å². The molecule has 2 aromatic rings. The standard InChI is InChI=1S/C13H9F2NO2/c14-9-6-7-12(11(15)8-9)16(13(17)18)10-4-2-1-3-5-10/h1-8H,(H,17,18). The molecule has 0 heterocycles. The highest BCUT2D eigenvalue weighted by Gasteiger charge is 2.20. The molecular weight excluding hydrogens is 240 g/mol. The Balaban J connectivity index is 2.52. The van der Waals surface area contributed by atoms with E-state index in [2.05, 4.69) is 0 Å². The van der Waals surface area contributed by atoms with Crippen LogP contribution in [0.25, 0.3) is 0 Å². The summed E-state index contributed by atoms with van der Waals surface area (Å²) in [5.74, 6) is -1.68. The van der Waals surface area contributed by atoms with E-state index in [-0.39, 0.29) is 11.4 Å². The molecule has 5 heteroatoms. The number of hydrogen-bond donors (Lipinski definition) is 1. The Bertz CT molecular complexity index is 572. The summed E-state index contributed by atoms with van der Waals surface area (Å²) in [6.07, 6.45) is -1.34. The largest absolute Gasteiger partial charge is 0.464 e. The lowest BCUT2D eigenvalue weighted by atomic mass is 10.2. The molecule has 2 aromatic carbocycles. The Morgan fingerprint density at radius 3 is 2.28 bits per heavy atom. The molecule has 1 amide bonds. The molecule has 0 saturated carbocycles. The third kappa shape index (κ3) is 2.29. The Morgan fingerprint density at radius 1 is 1.06 bits per heavy atom. The van der Waals surface area contributed by atoms with Gasteiger partial charge in [0.05, 0.1) is 11.4 Å². The van der Waals surface area contributed by atoms with Crippen LogP contribution in [-0.4, -0.2) is 11.2 Å². The molecule has 92 valence electrons. The fourth-order valence-corrected chi connectivity index (χ4v) is 1.59. The van der Waals surface area contributed by atoms with E-state index >= 15 is 0 Å². The van der Waals surface area contributed by atoms with Gasteiger partial charge in [0.15, 0.2) is 0 Å². The molecule has 0 aliphatic heterocycles. The molecule has 1 N–H and O–H groups in total. The van der Waals surface area contributed by atoms with Gasteiger partial charge in [-0.1, -0.05) is 18.2 Å². The molecule has 0 spiro atoms. The maximum absolute atomic E-state index is 13.6. The summed E-state index contributed by atoms with van der Waals surface area (Å²) in [5.41, 5.74) is 0.0746. The van der Waals surface area contributed by atoms with Crippen LogP contribution in [0.5, 0.6) is 0 Å². The van der Waals surface area contributed by atoms with E-state index < -0.39 is 17.7 Å². The van der Waals surface area contributed by atoms with Crippen molar-refractivity contribution in [2.45, 2.75) is 0 Å². The van der Waals surface area contributed by atoms with Crippen molar-refractivity contribution in [3.63, 3.8) is 0 Å². The van der Waals surface area contributed by atoms with Crippen molar-refractivity contribution >= 4 is 17.5 Å². The fourth-order valence-electron chi connectivity index (χ4n) is 1.59. The lowest BCUT2D eigenvalue weighted by molar-refractivity contribution is 0.204. The van der Waals surface area contributed by atoms with Crippen molar-refractivity contribution in [1.82, 2.24) is 0 Å². The number of carboxylic acid groups (broad SMARTS) is 1. The first-order valence-corrected chi connectivity index (χ1v) is 5.13. The maximum atomic E-state index is 13.6. The SMILES string of the molecule is O=C(O)N(c1ccccc1)c1ccc(F)cc1F. The predicted octanol–water partition coefficient (Wildman–Crippen LogP) is 3.78. The summed E-state index contributed by atoms with van der Waals surface area (Å²) in [5, 5.41) is 9.14. The molecule has 0 bridgehead atoms. The van der Waals surface area contributed by atoms with Crippen LogP contribution in [-0.2, 0) is 0 Å². The number of hydrogen-bond acceptors (Lipinski definition) is 1. The van der Waals surface area contributed by atoms with Crippen LogP contribution in [0, 0.1) is 11.6 Å². The van der Waals surface area contributed by atoms with Crippen molar-refractivity contribution in [1.29, 1.82) is 0 Å². The summed E-state index contributed by atoms with van der Waals surface area (Å²) >= 11 is 0. The average Bonchev–Trinajstić information content (AvgIpc) is 2.33. The van der Waals surface area contributed by atoms with Crippen molar-refractivity contribution < 1.29 is 18.7 Å². The highest BCUT2D eigenvalue weighted by Crippen LogP contribution is 2.28. The molecule has 0 saturated heterocycles. The molecule has 0 aliphatic carbocycles. The van der Waals surface area contributed by atoms with Crippen LogP contribution < -0.4 is 4.90 Å². The first kappa shape index (κ1) is 12.0. The van der Waals surface area contributed by atoms with Gasteiger partial charge in [0.1, 0.15) is 11.6 Å². The van der Waals surface area contributed by atoms with E-state index in [9.17, 15) is 13.6 Å². The lowest BCUT2D eigenvalue weighted by Crippen LogP contribution is -2.24. The zero-order chi connectivity index (χ0) is 13.1. The van der Waals surface area contributed by atoms with E-state index in [4.69, 9.17) is 5.11 Å². The number of anilines is 2. The predicted molar refractivity (Wildman–Crippen MR) is 63.0 cm³/mol. The topological polar surface area (TPSA) is 40.5 Å². The Hall–Kier alpha value is -2.43. The van der Waals surface area contributed by atoms with Crippen molar-refractivity contribution in [2.75, 3.05) is 4.90 Å². The number of carbonyl (C=O) groups is 1. The van der Waals surface area contributed by atoms with Gasteiger partial charge in [0, 0.05) is 6.07 Å². The smallest absolute Gasteiger partial charge is 0.416 e. The van der Waals surface area contributed by atoms with Gasteiger partial charge in [0.2, 0.25) is 0 Å². The summed E-state index contributed by atoms with van der Waals surface area (Å²) < 4.78 is 26.4. The number of rotatable bonds is 2. The van der Waals surface area contributed by atoms with Gasteiger partial charge in [-0.15, -0.1) is 0 Å². The highest BCUT2D eigenvalue weighted by molar-refractivity contribution is 5.94. The number of amides is 1. The molecule has 0 aromatic heterocycles. The first-order valence-electron chi connectivity index (χ1n) is 5.13. The first-order chi connectivity index (χ1) is 8.59. The monoisotopic (exact) mass is 249 g/mol. The van der Waals surface area contributed by atoms with E-state index in [0.29, 0.717) is 6.07 Å². The molecule has 18 heavy (non-hydrogen) atoms. The zero-order valence-electron chi connectivity index (χ0n) is 9.18. The fraction of sp³-hybridized carbons (Fsp3) is 0. The van der Waals surface area contributed by atoms with Gasteiger partial charge in [0.25, 0.3) is 0 Å². The second-order valence-corrected chi connectivity index (χ2v) is 3.55. The summed E-state index contributed by atoms with van der Waals surface area (Å²) in [6, 6.07) is 10.8. The minimum absolute atomic E-state index is 0.213. The van der Waals surface area contributed by atoms with Crippen LogP contribution in [0.3, 0.4) is 0 Å². The van der Waals surface area contributed by atoms with Crippen LogP contribution >= 0.6 is 0 Å². The quantitative estimate of drug-likeness (QED) is 0.879. The number of halogens is 2. The van der Waals surface area contributed by atoms with Gasteiger partial charge < -0.3 is 5.11 Å². The van der Waals surface area contributed by atoms with Gasteiger partial charge in [-0.3, -0.25) is 0 Å². The summed E-state index contributed by atoms with van der Waals surface area (Å²) in [6.45, 7) is 0. The highest BCUT2D eigenvalue weighted by atomic mass is 19.1. The lowest BCUT2D eigenvalue weighted by Gasteiger charge is -2.19. The average molecular weight is 249 g/mol. The number of para-hydroxylation sites is 1. The van der Waals surface area contributed by atoms with Gasteiger partial charge >= 0.3 is 6.09 Å². The van der Waals surface area contributed by atoms with Crippen LogP contribution in [0.4, 0.5) is 25.0 Å². The third-order valence-electron chi connectivity index (χ3n) is 2.36. The van der Waals surface area contributed by atoms with E-state index in [1.165, 1.54) is 12.1 Å². The summed E-state index contributed by atoms with van der Waals surface area (Å²) in [7, 11) is 0. The molecule has 0 atom stereocenters. The minimum atomic E-state index is -1.34. The van der Waals surface area contributed by atoms with Crippen molar-refractivity contribution in [3.8, 4) is 0 Å². The van der Waals surface area contributed by atoms with Crippen LogP contribution in [0.15, 0.2) is 48.5 Å². The molecule has 0 fully saturated rings. The van der Waals surface area contributed by atoms with Crippen LogP contribution in [0.1, 0.15) is 0 Å². The normalized spacial score (nSPS) is 10.1. The maximum Gasteiger partial charge on any atom is 0.416 e. The molecule has 0 unspecified atom stereocenters. The van der Waals surface area contributed by atoms with E-state index in [1.807, 2.05) is 0 Å². The molecule has 3 nitrogen and oxygen atoms in total. The zero-order valence-corrected chi connectivity index (χ0v) is 9.18. The number of nitrogens with zero attached hydrogens (tertiary/aromatic N) is 1. The molecule has 0 aliphatic rings. The van der Waals surface area contributed by atoms with Gasteiger partial charge in [-0.25, -0.2) is 18.5 Å². The molecule has 0 radical (unpaired) electrons.